The number of nitrogen functional groups attached to an aromatic ring is 1. The van der Waals surface area contributed by atoms with Gasteiger partial charge in [-0.05, 0) is 39.9 Å². The minimum absolute atomic E-state index is 0.0604. The molecule has 4 heteroatoms. The van der Waals surface area contributed by atoms with Crippen molar-refractivity contribution in [3.63, 3.8) is 0 Å². The van der Waals surface area contributed by atoms with Gasteiger partial charge in [-0.2, -0.15) is 0 Å². The Labute approximate surface area is 104 Å². The molecule has 3 N–H and O–H groups in total. The number of nitrogens with one attached hydrogen (secondary N) is 1. The maximum atomic E-state index is 12.0. The van der Waals surface area contributed by atoms with Crippen LogP contribution < -0.4 is 11.1 Å². The standard InChI is InChI=1S/C12H15BrN2O/c1-12(2)6-9(12)15-11(16)7-4-3-5-8(14)10(7)13/h3-5,9H,6,14H2,1-2H3,(H,15,16). The second-order valence-corrected chi connectivity index (χ2v) is 5.72. The molecule has 0 spiro atoms. The summed E-state index contributed by atoms with van der Waals surface area (Å²) in [5.41, 5.74) is 7.16. The number of rotatable bonds is 2. The molecule has 1 aromatic rings. The summed E-state index contributed by atoms with van der Waals surface area (Å²) in [5, 5.41) is 3.00. The van der Waals surface area contributed by atoms with Gasteiger partial charge in [0, 0.05) is 11.7 Å². The number of benzene rings is 1. The first-order valence-electron chi connectivity index (χ1n) is 5.26. The van der Waals surface area contributed by atoms with Crippen molar-refractivity contribution < 1.29 is 4.79 Å². The van der Waals surface area contributed by atoms with Crippen molar-refractivity contribution in [3.05, 3.63) is 28.2 Å². The van der Waals surface area contributed by atoms with Crippen molar-refractivity contribution in [1.82, 2.24) is 5.32 Å². The number of amides is 1. The number of nitrogens with two attached hydrogens (primary N) is 1. The molecule has 1 fully saturated rings. The number of halogens is 1. The maximum absolute atomic E-state index is 12.0. The van der Waals surface area contributed by atoms with Crippen molar-refractivity contribution in [3.8, 4) is 0 Å². The van der Waals surface area contributed by atoms with Crippen LogP contribution in [0.15, 0.2) is 22.7 Å². The van der Waals surface area contributed by atoms with E-state index in [-0.39, 0.29) is 17.4 Å². The summed E-state index contributed by atoms with van der Waals surface area (Å²) in [7, 11) is 0. The van der Waals surface area contributed by atoms with Gasteiger partial charge in [-0.3, -0.25) is 4.79 Å². The maximum Gasteiger partial charge on any atom is 0.252 e. The van der Waals surface area contributed by atoms with Gasteiger partial charge in [-0.1, -0.05) is 19.9 Å². The molecule has 1 amide bonds. The Morgan fingerprint density at radius 1 is 1.56 bits per heavy atom. The van der Waals surface area contributed by atoms with Gasteiger partial charge >= 0.3 is 0 Å². The minimum Gasteiger partial charge on any atom is -0.398 e. The van der Waals surface area contributed by atoms with E-state index in [0.29, 0.717) is 15.7 Å². The largest absolute Gasteiger partial charge is 0.398 e. The van der Waals surface area contributed by atoms with Crippen LogP contribution in [-0.4, -0.2) is 11.9 Å². The molecule has 1 unspecified atom stereocenters. The second-order valence-electron chi connectivity index (χ2n) is 4.93. The van der Waals surface area contributed by atoms with Crippen molar-refractivity contribution in [2.24, 2.45) is 5.41 Å². The molecule has 3 nitrogen and oxygen atoms in total. The number of anilines is 1. The summed E-state index contributed by atoms with van der Waals surface area (Å²) >= 11 is 3.33. The molecule has 2 rings (SSSR count). The second kappa shape index (κ2) is 3.77. The Hall–Kier alpha value is -1.03. The Bertz CT molecular complexity index is 443. The fourth-order valence-electron chi connectivity index (χ4n) is 1.67. The monoisotopic (exact) mass is 282 g/mol. The van der Waals surface area contributed by atoms with Gasteiger partial charge < -0.3 is 11.1 Å². The lowest BCUT2D eigenvalue weighted by Gasteiger charge is -2.09. The molecule has 0 aliphatic heterocycles. The molecule has 16 heavy (non-hydrogen) atoms. The third-order valence-corrected chi connectivity index (χ3v) is 3.98. The summed E-state index contributed by atoms with van der Waals surface area (Å²) in [4.78, 5) is 12.0. The molecule has 1 atom stereocenters. The number of carbonyl (C=O) groups excluding carboxylic acids is 1. The molecule has 1 aliphatic carbocycles. The molecule has 1 aliphatic rings. The molecule has 0 bridgehead atoms. The third kappa shape index (κ3) is 2.07. The predicted octanol–water partition coefficient (Wildman–Crippen LogP) is 2.56. The van der Waals surface area contributed by atoms with E-state index in [9.17, 15) is 4.79 Å². The van der Waals surface area contributed by atoms with Gasteiger partial charge in [0.2, 0.25) is 0 Å². The number of hydrogen-bond acceptors (Lipinski definition) is 2. The fraction of sp³-hybridized carbons (Fsp3) is 0.417. The Kier molecular flexibility index (Phi) is 2.70. The van der Waals surface area contributed by atoms with E-state index < -0.39 is 0 Å². The molecule has 0 heterocycles. The zero-order valence-corrected chi connectivity index (χ0v) is 11.0. The van der Waals surface area contributed by atoms with Gasteiger partial charge in [-0.25, -0.2) is 0 Å². The normalized spacial score (nSPS) is 21.6. The third-order valence-electron chi connectivity index (χ3n) is 3.09. The van der Waals surface area contributed by atoms with Crippen LogP contribution in [0.4, 0.5) is 5.69 Å². The van der Waals surface area contributed by atoms with E-state index in [4.69, 9.17) is 5.73 Å². The van der Waals surface area contributed by atoms with Crippen LogP contribution >= 0.6 is 15.9 Å². The van der Waals surface area contributed by atoms with E-state index in [1.807, 2.05) is 0 Å². The first-order chi connectivity index (χ1) is 7.42. The van der Waals surface area contributed by atoms with Crippen molar-refractivity contribution in [2.45, 2.75) is 26.3 Å². The highest BCUT2D eigenvalue weighted by molar-refractivity contribution is 9.10. The number of hydrogen-bond donors (Lipinski definition) is 2. The lowest BCUT2D eigenvalue weighted by molar-refractivity contribution is 0.0945. The first-order valence-corrected chi connectivity index (χ1v) is 6.06. The highest BCUT2D eigenvalue weighted by Crippen LogP contribution is 2.44. The summed E-state index contributed by atoms with van der Waals surface area (Å²) < 4.78 is 0.672. The Morgan fingerprint density at radius 3 is 2.75 bits per heavy atom. The van der Waals surface area contributed by atoms with E-state index in [1.165, 1.54) is 0 Å². The Balaban J connectivity index is 2.13. The van der Waals surface area contributed by atoms with Gasteiger partial charge in [0.1, 0.15) is 0 Å². The number of carbonyl (C=O) groups is 1. The molecular formula is C12H15BrN2O. The molecule has 1 saturated carbocycles. The summed E-state index contributed by atoms with van der Waals surface area (Å²) in [6.07, 6.45) is 1.04. The zero-order chi connectivity index (χ0) is 11.9. The van der Waals surface area contributed by atoms with Crippen LogP contribution in [0.5, 0.6) is 0 Å². The van der Waals surface area contributed by atoms with E-state index in [2.05, 4.69) is 35.1 Å². The van der Waals surface area contributed by atoms with E-state index >= 15 is 0 Å². The van der Waals surface area contributed by atoms with Gasteiger partial charge in [0.25, 0.3) is 5.91 Å². The van der Waals surface area contributed by atoms with Crippen LogP contribution in [-0.2, 0) is 0 Å². The first kappa shape index (κ1) is 11.5. The Morgan fingerprint density at radius 2 is 2.19 bits per heavy atom. The smallest absolute Gasteiger partial charge is 0.252 e. The quantitative estimate of drug-likeness (QED) is 0.820. The van der Waals surface area contributed by atoms with Crippen LogP contribution in [0.25, 0.3) is 0 Å². The average Bonchev–Trinajstić information content (AvgIpc) is 2.78. The van der Waals surface area contributed by atoms with E-state index in [0.717, 1.165) is 6.42 Å². The van der Waals surface area contributed by atoms with Gasteiger partial charge in [-0.15, -0.1) is 0 Å². The van der Waals surface area contributed by atoms with Crippen LogP contribution in [0.1, 0.15) is 30.6 Å². The van der Waals surface area contributed by atoms with Gasteiger partial charge in [0.05, 0.1) is 10.0 Å². The molecule has 0 radical (unpaired) electrons. The van der Waals surface area contributed by atoms with Crippen molar-refractivity contribution in [2.75, 3.05) is 5.73 Å². The fourth-order valence-corrected chi connectivity index (χ4v) is 2.12. The molecule has 1 aromatic carbocycles. The highest BCUT2D eigenvalue weighted by atomic mass is 79.9. The molecule has 0 aromatic heterocycles. The zero-order valence-electron chi connectivity index (χ0n) is 9.38. The lowest BCUT2D eigenvalue weighted by Crippen LogP contribution is -2.28. The minimum atomic E-state index is -0.0604. The highest BCUT2D eigenvalue weighted by Gasteiger charge is 2.46. The van der Waals surface area contributed by atoms with Crippen molar-refractivity contribution in [1.29, 1.82) is 0 Å². The predicted molar refractivity (Wildman–Crippen MR) is 68.2 cm³/mol. The molecule has 86 valence electrons. The summed E-state index contributed by atoms with van der Waals surface area (Å²) in [6, 6.07) is 5.61. The van der Waals surface area contributed by atoms with Crippen LogP contribution in [0, 0.1) is 5.41 Å². The van der Waals surface area contributed by atoms with Gasteiger partial charge in [0.15, 0.2) is 0 Å². The SMILES string of the molecule is CC1(C)CC1NC(=O)c1cccc(N)c1Br. The molecule has 0 saturated heterocycles. The van der Waals surface area contributed by atoms with Crippen molar-refractivity contribution >= 4 is 27.5 Å². The van der Waals surface area contributed by atoms with E-state index in [1.54, 1.807) is 18.2 Å². The summed E-state index contributed by atoms with van der Waals surface area (Å²) in [6.45, 7) is 4.29. The average molecular weight is 283 g/mol. The topological polar surface area (TPSA) is 55.1 Å². The van der Waals surface area contributed by atoms with Crippen LogP contribution in [0.2, 0.25) is 0 Å². The lowest BCUT2D eigenvalue weighted by atomic mass is 10.1. The molecular weight excluding hydrogens is 268 g/mol. The summed E-state index contributed by atoms with van der Waals surface area (Å²) in [5.74, 6) is -0.0604. The van der Waals surface area contributed by atoms with Crippen LogP contribution in [0.3, 0.4) is 0 Å².